The summed E-state index contributed by atoms with van der Waals surface area (Å²) in [5, 5.41) is 1.13. The lowest BCUT2D eigenvalue weighted by molar-refractivity contribution is 0.0761. The fraction of sp³-hybridized carbons (Fsp3) is 1.00. The number of nitrogens with zero attached hydrogens (tertiary/aromatic N) is 2. The molecular formula is C14H27BrN2. The molecule has 0 bridgehead atoms. The van der Waals surface area contributed by atoms with E-state index in [1.165, 1.54) is 45.6 Å². The summed E-state index contributed by atoms with van der Waals surface area (Å²) in [5.41, 5.74) is 0.413. The SMILES string of the molecule is CC(C)(C)C(CBr)CN1CCN2CCCC2C1. The molecule has 0 spiro atoms. The lowest BCUT2D eigenvalue weighted by atomic mass is 9.81. The quantitative estimate of drug-likeness (QED) is 0.740. The highest BCUT2D eigenvalue weighted by atomic mass is 79.9. The zero-order chi connectivity index (χ0) is 12.5. The van der Waals surface area contributed by atoms with Crippen molar-refractivity contribution in [3.05, 3.63) is 0 Å². The molecule has 2 atom stereocenters. The molecule has 0 saturated carbocycles. The molecule has 3 heteroatoms. The Kier molecular flexibility index (Phi) is 4.54. The maximum Gasteiger partial charge on any atom is 0.0224 e. The van der Waals surface area contributed by atoms with Gasteiger partial charge in [-0.2, -0.15) is 0 Å². The summed E-state index contributed by atoms with van der Waals surface area (Å²) in [6.07, 6.45) is 2.84. The van der Waals surface area contributed by atoms with Crippen LogP contribution in [0.3, 0.4) is 0 Å². The van der Waals surface area contributed by atoms with Gasteiger partial charge in [-0.25, -0.2) is 0 Å². The van der Waals surface area contributed by atoms with Gasteiger partial charge in [0.25, 0.3) is 0 Å². The van der Waals surface area contributed by atoms with Gasteiger partial charge in [0.2, 0.25) is 0 Å². The third kappa shape index (κ3) is 3.45. The molecule has 0 aromatic heterocycles. The first kappa shape index (κ1) is 13.8. The maximum absolute atomic E-state index is 3.70. The van der Waals surface area contributed by atoms with Crippen molar-refractivity contribution >= 4 is 15.9 Å². The Labute approximate surface area is 115 Å². The minimum atomic E-state index is 0.413. The first-order chi connectivity index (χ1) is 8.00. The van der Waals surface area contributed by atoms with E-state index in [-0.39, 0.29) is 0 Å². The summed E-state index contributed by atoms with van der Waals surface area (Å²) >= 11 is 3.70. The standard InChI is InChI=1S/C14H27BrN2/c1-14(2,3)12(9-15)10-16-7-8-17-6-4-5-13(17)11-16/h12-13H,4-11H2,1-3H3. The van der Waals surface area contributed by atoms with E-state index in [1.807, 2.05) is 0 Å². The van der Waals surface area contributed by atoms with E-state index in [9.17, 15) is 0 Å². The minimum absolute atomic E-state index is 0.413. The average Bonchev–Trinajstić information content (AvgIpc) is 2.71. The van der Waals surface area contributed by atoms with Crippen LogP contribution in [0.25, 0.3) is 0 Å². The van der Waals surface area contributed by atoms with Crippen molar-refractivity contribution in [2.24, 2.45) is 11.3 Å². The molecule has 2 unspecified atom stereocenters. The Morgan fingerprint density at radius 3 is 2.65 bits per heavy atom. The Bertz CT molecular complexity index is 249. The van der Waals surface area contributed by atoms with E-state index in [0.29, 0.717) is 5.41 Å². The van der Waals surface area contributed by atoms with E-state index < -0.39 is 0 Å². The molecule has 0 amide bonds. The maximum atomic E-state index is 3.70. The van der Waals surface area contributed by atoms with E-state index in [0.717, 1.165) is 17.3 Å². The zero-order valence-corrected chi connectivity index (χ0v) is 13.2. The van der Waals surface area contributed by atoms with Crippen LogP contribution in [0.4, 0.5) is 0 Å². The van der Waals surface area contributed by atoms with Crippen LogP contribution in [0.2, 0.25) is 0 Å². The number of hydrogen-bond donors (Lipinski definition) is 0. The molecule has 17 heavy (non-hydrogen) atoms. The Hall–Kier alpha value is 0.400. The number of halogens is 1. The predicted octanol–water partition coefficient (Wildman–Crippen LogP) is 2.82. The molecule has 2 aliphatic heterocycles. The average molecular weight is 303 g/mol. The van der Waals surface area contributed by atoms with Crippen LogP contribution in [0.1, 0.15) is 33.6 Å². The van der Waals surface area contributed by atoms with Crippen molar-refractivity contribution in [2.45, 2.75) is 39.7 Å². The topological polar surface area (TPSA) is 6.48 Å². The molecular weight excluding hydrogens is 276 g/mol. The van der Waals surface area contributed by atoms with Gasteiger partial charge in [0.15, 0.2) is 0 Å². The molecule has 2 rings (SSSR count). The lowest BCUT2D eigenvalue weighted by Gasteiger charge is -2.41. The molecule has 2 nitrogen and oxygen atoms in total. The van der Waals surface area contributed by atoms with Gasteiger partial charge >= 0.3 is 0 Å². The fourth-order valence-corrected chi connectivity index (χ4v) is 4.26. The molecule has 2 fully saturated rings. The Balaban J connectivity index is 1.86. The summed E-state index contributed by atoms with van der Waals surface area (Å²) in [6.45, 7) is 13.6. The summed E-state index contributed by atoms with van der Waals surface area (Å²) in [6, 6.07) is 0.861. The van der Waals surface area contributed by atoms with Crippen LogP contribution in [0, 0.1) is 11.3 Å². The molecule has 0 radical (unpaired) electrons. The summed E-state index contributed by atoms with van der Waals surface area (Å²) < 4.78 is 0. The van der Waals surface area contributed by atoms with Gasteiger partial charge in [-0.3, -0.25) is 4.90 Å². The van der Waals surface area contributed by atoms with Gasteiger partial charge in [0, 0.05) is 37.6 Å². The third-order valence-corrected chi connectivity index (χ3v) is 5.34. The van der Waals surface area contributed by atoms with Gasteiger partial charge in [-0.1, -0.05) is 36.7 Å². The number of hydrogen-bond acceptors (Lipinski definition) is 2. The first-order valence-corrected chi connectivity index (χ1v) is 8.15. The highest BCUT2D eigenvalue weighted by molar-refractivity contribution is 9.09. The molecule has 0 aromatic rings. The molecule has 2 aliphatic rings. The van der Waals surface area contributed by atoms with Crippen molar-refractivity contribution in [2.75, 3.05) is 38.1 Å². The molecule has 0 aromatic carbocycles. The van der Waals surface area contributed by atoms with Gasteiger partial charge in [-0.05, 0) is 30.7 Å². The zero-order valence-electron chi connectivity index (χ0n) is 11.6. The van der Waals surface area contributed by atoms with E-state index in [1.54, 1.807) is 0 Å². The molecule has 0 aliphatic carbocycles. The first-order valence-electron chi connectivity index (χ1n) is 7.03. The number of rotatable bonds is 3. The third-order valence-electron chi connectivity index (χ3n) is 4.56. The van der Waals surface area contributed by atoms with Crippen LogP contribution in [0.15, 0.2) is 0 Å². The van der Waals surface area contributed by atoms with Crippen LogP contribution >= 0.6 is 15.9 Å². The monoisotopic (exact) mass is 302 g/mol. The van der Waals surface area contributed by atoms with Gasteiger partial charge in [0.05, 0.1) is 0 Å². The fourth-order valence-electron chi connectivity index (χ4n) is 3.09. The Morgan fingerprint density at radius 2 is 2.00 bits per heavy atom. The number of fused-ring (bicyclic) bond motifs is 1. The van der Waals surface area contributed by atoms with Gasteiger partial charge < -0.3 is 4.90 Å². The van der Waals surface area contributed by atoms with Crippen molar-refractivity contribution in [1.29, 1.82) is 0 Å². The molecule has 2 heterocycles. The normalized spacial score (nSPS) is 29.3. The van der Waals surface area contributed by atoms with Crippen LogP contribution in [-0.4, -0.2) is 53.9 Å². The smallest absolute Gasteiger partial charge is 0.0224 e. The highest BCUT2D eigenvalue weighted by Crippen LogP contribution is 2.30. The summed E-state index contributed by atoms with van der Waals surface area (Å²) in [4.78, 5) is 5.39. The van der Waals surface area contributed by atoms with Crippen molar-refractivity contribution in [3.63, 3.8) is 0 Å². The van der Waals surface area contributed by atoms with E-state index >= 15 is 0 Å². The van der Waals surface area contributed by atoms with Gasteiger partial charge in [0.1, 0.15) is 0 Å². The number of piperazine rings is 1. The summed E-state index contributed by atoms with van der Waals surface area (Å²) in [5.74, 6) is 0.760. The predicted molar refractivity (Wildman–Crippen MR) is 77.8 cm³/mol. The van der Waals surface area contributed by atoms with Crippen LogP contribution in [-0.2, 0) is 0 Å². The molecule has 2 saturated heterocycles. The molecule has 0 N–H and O–H groups in total. The van der Waals surface area contributed by atoms with E-state index in [4.69, 9.17) is 0 Å². The highest BCUT2D eigenvalue weighted by Gasteiger charge is 2.33. The van der Waals surface area contributed by atoms with Crippen LogP contribution < -0.4 is 0 Å². The summed E-state index contributed by atoms with van der Waals surface area (Å²) in [7, 11) is 0. The van der Waals surface area contributed by atoms with Crippen LogP contribution in [0.5, 0.6) is 0 Å². The largest absolute Gasteiger partial charge is 0.300 e. The van der Waals surface area contributed by atoms with Crippen molar-refractivity contribution < 1.29 is 0 Å². The second kappa shape index (κ2) is 5.58. The number of alkyl halides is 1. The van der Waals surface area contributed by atoms with Gasteiger partial charge in [-0.15, -0.1) is 0 Å². The minimum Gasteiger partial charge on any atom is -0.300 e. The van der Waals surface area contributed by atoms with Crippen molar-refractivity contribution in [3.8, 4) is 0 Å². The van der Waals surface area contributed by atoms with E-state index in [2.05, 4.69) is 46.5 Å². The second-order valence-electron chi connectivity index (χ2n) is 6.81. The lowest BCUT2D eigenvalue weighted by Crippen LogP contribution is -2.52. The second-order valence-corrected chi connectivity index (χ2v) is 7.46. The van der Waals surface area contributed by atoms with Crippen molar-refractivity contribution in [1.82, 2.24) is 9.80 Å². The Morgan fingerprint density at radius 1 is 1.24 bits per heavy atom. The molecule has 100 valence electrons.